The minimum atomic E-state index is 0.0918. The van der Waals surface area contributed by atoms with Gasteiger partial charge in [-0.3, -0.25) is 9.69 Å². The Hall–Kier alpha value is -0.220. The van der Waals surface area contributed by atoms with Crippen molar-refractivity contribution in [1.82, 2.24) is 10.2 Å². The summed E-state index contributed by atoms with van der Waals surface area (Å²) in [4.78, 5) is 13.9. The molecule has 0 aromatic rings. The summed E-state index contributed by atoms with van der Waals surface area (Å²) in [6, 6.07) is 0. The van der Waals surface area contributed by atoms with Crippen LogP contribution in [0.1, 0.15) is 33.1 Å². The maximum Gasteiger partial charge on any atom is 0.230 e. The van der Waals surface area contributed by atoms with Gasteiger partial charge in [-0.2, -0.15) is 11.8 Å². The van der Waals surface area contributed by atoms with E-state index < -0.39 is 0 Å². The Kier molecular flexibility index (Phi) is 5.62. The molecule has 1 amide bonds. The molecule has 0 radical (unpaired) electrons. The van der Waals surface area contributed by atoms with E-state index in [4.69, 9.17) is 0 Å². The second-order valence-corrected chi connectivity index (χ2v) is 5.94. The van der Waals surface area contributed by atoms with Crippen molar-refractivity contribution in [3.05, 3.63) is 0 Å². The molecule has 4 heteroatoms. The van der Waals surface area contributed by atoms with Gasteiger partial charge in [0.2, 0.25) is 5.91 Å². The maximum atomic E-state index is 11.4. The molecular formula is C12H24N2OS. The van der Waals surface area contributed by atoms with Gasteiger partial charge in [0.05, 0.1) is 5.75 Å². The largest absolute Gasteiger partial charge is 0.354 e. The second kappa shape index (κ2) is 6.50. The number of likely N-dealkylation sites (tertiary alicyclic amines) is 1. The van der Waals surface area contributed by atoms with Gasteiger partial charge in [0.1, 0.15) is 0 Å². The van der Waals surface area contributed by atoms with Crippen molar-refractivity contribution in [3.8, 4) is 0 Å². The van der Waals surface area contributed by atoms with Crippen LogP contribution in [0.4, 0.5) is 0 Å². The average Bonchev–Trinajstić information content (AvgIpc) is 2.28. The van der Waals surface area contributed by atoms with Crippen LogP contribution in [0.15, 0.2) is 0 Å². The first-order chi connectivity index (χ1) is 7.56. The van der Waals surface area contributed by atoms with Crippen molar-refractivity contribution in [2.24, 2.45) is 0 Å². The van der Waals surface area contributed by atoms with E-state index in [9.17, 15) is 4.79 Å². The van der Waals surface area contributed by atoms with Gasteiger partial charge in [0.15, 0.2) is 0 Å². The molecule has 1 saturated heterocycles. The van der Waals surface area contributed by atoms with Crippen LogP contribution >= 0.6 is 11.8 Å². The van der Waals surface area contributed by atoms with Crippen LogP contribution in [0.2, 0.25) is 0 Å². The molecule has 0 bridgehead atoms. The van der Waals surface area contributed by atoms with Gasteiger partial charge in [0, 0.05) is 12.1 Å². The molecule has 3 nitrogen and oxygen atoms in total. The van der Waals surface area contributed by atoms with E-state index in [1.165, 1.54) is 32.4 Å². The van der Waals surface area contributed by atoms with Crippen molar-refractivity contribution >= 4 is 17.7 Å². The van der Waals surface area contributed by atoms with Crippen molar-refractivity contribution in [2.75, 3.05) is 31.6 Å². The Balaban J connectivity index is 2.34. The highest BCUT2D eigenvalue weighted by Gasteiger charge is 2.27. The lowest BCUT2D eigenvalue weighted by atomic mass is 9.98. The summed E-state index contributed by atoms with van der Waals surface area (Å²) in [6.07, 6.45) is 5.89. The number of rotatable bonds is 5. The molecule has 0 aromatic carbocycles. The molecule has 0 aromatic heterocycles. The SMILES string of the molecule is CSCC(=O)NCC(C)(C)N1CCCCC1. The highest BCUT2D eigenvalue weighted by Crippen LogP contribution is 2.19. The van der Waals surface area contributed by atoms with E-state index in [0.717, 1.165) is 6.54 Å². The first-order valence-electron chi connectivity index (χ1n) is 6.07. The topological polar surface area (TPSA) is 32.3 Å². The number of thioether (sulfide) groups is 1. The molecule has 1 rings (SSSR count). The molecule has 0 spiro atoms. The number of hydrogen-bond donors (Lipinski definition) is 1. The molecule has 1 aliphatic heterocycles. The summed E-state index contributed by atoms with van der Waals surface area (Å²) in [7, 11) is 0. The van der Waals surface area contributed by atoms with Crippen molar-refractivity contribution < 1.29 is 4.79 Å². The van der Waals surface area contributed by atoms with Gasteiger partial charge in [-0.05, 0) is 46.0 Å². The fourth-order valence-corrected chi connectivity index (χ4v) is 2.47. The van der Waals surface area contributed by atoms with Crippen molar-refractivity contribution in [3.63, 3.8) is 0 Å². The summed E-state index contributed by atoms with van der Waals surface area (Å²) < 4.78 is 0. The van der Waals surface area contributed by atoms with E-state index in [0.29, 0.717) is 5.75 Å². The third-order valence-electron chi connectivity index (χ3n) is 3.21. The number of amides is 1. The molecule has 1 heterocycles. The average molecular weight is 244 g/mol. The smallest absolute Gasteiger partial charge is 0.230 e. The summed E-state index contributed by atoms with van der Waals surface area (Å²) in [5.74, 6) is 0.716. The van der Waals surface area contributed by atoms with Crippen LogP contribution in [-0.2, 0) is 4.79 Å². The predicted octanol–water partition coefficient (Wildman–Crippen LogP) is 1.73. The van der Waals surface area contributed by atoms with Crippen LogP contribution in [0.3, 0.4) is 0 Å². The van der Waals surface area contributed by atoms with Gasteiger partial charge in [0.25, 0.3) is 0 Å². The van der Waals surface area contributed by atoms with Gasteiger partial charge < -0.3 is 5.32 Å². The van der Waals surface area contributed by atoms with E-state index in [1.54, 1.807) is 11.8 Å². The zero-order valence-corrected chi connectivity index (χ0v) is 11.5. The molecule has 16 heavy (non-hydrogen) atoms. The van der Waals surface area contributed by atoms with E-state index in [-0.39, 0.29) is 11.4 Å². The van der Waals surface area contributed by atoms with Crippen LogP contribution in [0.25, 0.3) is 0 Å². The lowest BCUT2D eigenvalue weighted by molar-refractivity contribution is -0.119. The molecule has 94 valence electrons. The quantitative estimate of drug-likeness (QED) is 0.799. The van der Waals surface area contributed by atoms with E-state index in [2.05, 4.69) is 24.1 Å². The van der Waals surface area contributed by atoms with Gasteiger partial charge in [-0.1, -0.05) is 6.42 Å². The normalized spacial score (nSPS) is 18.4. The molecule has 1 aliphatic rings. The minimum absolute atomic E-state index is 0.0918. The molecule has 1 fully saturated rings. The van der Waals surface area contributed by atoms with E-state index in [1.807, 2.05) is 6.26 Å². The minimum Gasteiger partial charge on any atom is -0.354 e. The third kappa shape index (κ3) is 4.34. The number of piperidine rings is 1. The Morgan fingerprint density at radius 1 is 1.31 bits per heavy atom. The summed E-state index contributed by atoms with van der Waals surface area (Å²) in [5, 5.41) is 3.02. The van der Waals surface area contributed by atoms with Crippen LogP contribution < -0.4 is 5.32 Å². The van der Waals surface area contributed by atoms with Crippen LogP contribution in [0, 0.1) is 0 Å². The second-order valence-electron chi connectivity index (χ2n) is 5.07. The zero-order valence-electron chi connectivity index (χ0n) is 10.7. The first-order valence-corrected chi connectivity index (χ1v) is 7.46. The number of nitrogens with one attached hydrogen (secondary N) is 1. The molecular weight excluding hydrogens is 220 g/mol. The summed E-state index contributed by atoms with van der Waals surface area (Å²) in [6.45, 7) is 7.54. The summed E-state index contributed by atoms with van der Waals surface area (Å²) in [5.41, 5.74) is 0.0918. The fraction of sp³-hybridized carbons (Fsp3) is 0.917. The Bertz CT molecular complexity index is 225. The number of carbonyl (C=O) groups excluding carboxylic acids is 1. The number of nitrogens with zero attached hydrogens (tertiary/aromatic N) is 1. The molecule has 0 atom stereocenters. The van der Waals surface area contributed by atoms with Crippen LogP contribution in [0.5, 0.6) is 0 Å². The highest BCUT2D eigenvalue weighted by atomic mass is 32.2. The maximum absolute atomic E-state index is 11.4. The van der Waals surface area contributed by atoms with Gasteiger partial charge in [-0.25, -0.2) is 0 Å². The van der Waals surface area contributed by atoms with E-state index >= 15 is 0 Å². The zero-order chi connectivity index (χ0) is 12.0. The third-order valence-corrected chi connectivity index (χ3v) is 3.76. The lowest BCUT2D eigenvalue weighted by Gasteiger charge is -2.41. The molecule has 1 N–H and O–H groups in total. The van der Waals surface area contributed by atoms with Gasteiger partial charge in [-0.15, -0.1) is 0 Å². The molecule has 0 aliphatic carbocycles. The predicted molar refractivity (Wildman–Crippen MR) is 70.9 cm³/mol. The number of hydrogen-bond acceptors (Lipinski definition) is 3. The lowest BCUT2D eigenvalue weighted by Crippen LogP contribution is -2.53. The van der Waals surface area contributed by atoms with Gasteiger partial charge >= 0.3 is 0 Å². The highest BCUT2D eigenvalue weighted by molar-refractivity contribution is 7.99. The van der Waals surface area contributed by atoms with Crippen molar-refractivity contribution in [2.45, 2.75) is 38.6 Å². The molecule has 0 unspecified atom stereocenters. The molecule has 0 saturated carbocycles. The standard InChI is InChI=1S/C12H24N2OS/c1-12(2,10-13-11(15)9-16-3)14-7-5-4-6-8-14/h4-10H2,1-3H3,(H,13,15). The Morgan fingerprint density at radius 2 is 1.94 bits per heavy atom. The summed E-state index contributed by atoms with van der Waals surface area (Å²) >= 11 is 1.57. The monoisotopic (exact) mass is 244 g/mol. The van der Waals surface area contributed by atoms with Crippen molar-refractivity contribution in [1.29, 1.82) is 0 Å². The first kappa shape index (κ1) is 13.8. The van der Waals surface area contributed by atoms with Crippen LogP contribution in [-0.4, -0.2) is 48.0 Å². The number of carbonyl (C=O) groups is 1. The Labute approximate surface area is 103 Å². The fourth-order valence-electron chi connectivity index (χ4n) is 2.11. The Morgan fingerprint density at radius 3 is 2.50 bits per heavy atom.